The SMILES string of the molecule is Cc1nccc(-c2ccc(N)c(Cl)c2)c1C. The summed E-state index contributed by atoms with van der Waals surface area (Å²) in [4.78, 5) is 4.25. The molecule has 1 aromatic carbocycles. The lowest BCUT2D eigenvalue weighted by Crippen LogP contribution is -1.91. The predicted octanol–water partition coefficient (Wildman–Crippen LogP) is 3.60. The van der Waals surface area contributed by atoms with Gasteiger partial charge in [-0.25, -0.2) is 0 Å². The molecule has 0 fully saturated rings. The predicted molar refractivity (Wildman–Crippen MR) is 68.6 cm³/mol. The van der Waals surface area contributed by atoms with Gasteiger partial charge in [-0.15, -0.1) is 0 Å². The maximum Gasteiger partial charge on any atom is 0.0641 e. The number of aromatic nitrogens is 1. The van der Waals surface area contributed by atoms with Crippen molar-refractivity contribution < 1.29 is 0 Å². The first-order valence-electron chi connectivity index (χ1n) is 5.07. The summed E-state index contributed by atoms with van der Waals surface area (Å²) in [5, 5.41) is 0.589. The molecule has 82 valence electrons. The fourth-order valence-electron chi connectivity index (χ4n) is 1.65. The standard InChI is InChI=1S/C13H13ClN2/c1-8-9(2)16-6-5-11(8)10-3-4-13(15)12(14)7-10/h3-7H,15H2,1-2H3. The molecule has 0 amide bonds. The highest BCUT2D eigenvalue weighted by Crippen LogP contribution is 2.29. The van der Waals surface area contributed by atoms with Crippen LogP contribution in [0.1, 0.15) is 11.3 Å². The number of hydrogen-bond donors (Lipinski definition) is 1. The molecule has 0 saturated heterocycles. The van der Waals surface area contributed by atoms with E-state index in [1.165, 1.54) is 5.56 Å². The number of nitrogen functional groups attached to an aromatic ring is 1. The second kappa shape index (κ2) is 4.14. The number of aryl methyl sites for hydroxylation is 1. The zero-order chi connectivity index (χ0) is 11.7. The summed E-state index contributed by atoms with van der Waals surface area (Å²) < 4.78 is 0. The molecule has 0 saturated carbocycles. The number of nitrogens with two attached hydrogens (primary N) is 1. The smallest absolute Gasteiger partial charge is 0.0641 e. The van der Waals surface area contributed by atoms with E-state index >= 15 is 0 Å². The molecule has 2 rings (SSSR count). The van der Waals surface area contributed by atoms with Gasteiger partial charge in [-0.3, -0.25) is 4.98 Å². The highest BCUT2D eigenvalue weighted by atomic mass is 35.5. The normalized spacial score (nSPS) is 10.4. The minimum absolute atomic E-state index is 0.589. The van der Waals surface area contributed by atoms with Gasteiger partial charge in [-0.05, 0) is 48.7 Å². The van der Waals surface area contributed by atoms with E-state index < -0.39 is 0 Å². The maximum absolute atomic E-state index is 6.02. The van der Waals surface area contributed by atoms with Crippen LogP contribution in [0.4, 0.5) is 5.69 Å². The molecule has 0 aliphatic heterocycles. The molecule has 1 aromatic heterocycles. The van der Waals surface area contributed by atoms with Crippen LogP contribution in [0, 0.1) is 13.8 Å². The van der Waals surface area contributed by atoms with Crippen molar-refractivity contribution in [3.63, 3.8) is 0 Å². The Morgan fingerprint density at radius 3 is 2.62 bits per heavy atom. The molecule has 0 aliphatic rings. The average Bonchev–Trinajstić information content (AvgIpc) is 2.26. The van der Waals surface area contributed by atoms with Crippen molar-refractivity contribution in [3.05, 3.63) is 46.7 Å². The minimum Gasteiger partial charge on any atom is -0.398 e. The molecule has 0 bridgehead atoms. The van der Waals surface area contributed by atoms with Crippen molar-refractivity contribution in [2.75, 3.05) is 5.73 Å². The van der Waals surface area contributed by atoms with Crippen LogP contribution in [-0.2, 0) is 0 Å². The van der Waals surface area contributed by atoms with Gasteiger partial charge in [0, 0.05) is 11.9 Å². The Balaban J connectivity index is 2.59. The van der Waals surface area contributed by atoms with Crippen LogP contribution >= 0.6 is 11.6 Å². The topological polar surface area (TPSA) is 38.9 Å². The number of nitrogens with zero attached hydrogens (tertiary/aromatic N) is 1. The molecule has 0 radical (unpaired) electrons. The largest absolute Gasteiger partial charge is 0.398 e. The van der Waals surface area contributed by atoms with Crippen LogP contribution in [0.25, 0.3) is 11.1 Å². The zero-order valence-electron chi connectivity index (χ0n) is 9.29. The molecule has 1 heterocycles. The van der Waals surface area contributed by atoms with Gasteiger partial charge < -0.3 is 5.73 Å². The van der Waals surface area contributed by atoms with Crippen molar-refractivity contribution in [2.45, 2.75) is 13.8 Å². The summed E-state index contributed by atoms with van der Waals surface area (Å²) in [6.45, 7) is 4.06. The monoisotopic (exact) mass is 232 g/mol. The van der Waals surface area contributed by atoms with Crippen molar-refractivity contribution in [3.8, 4) is 11.1 Å². The zero-order valence-corrected chi connectivity index (χ0v) is 10.0. The first-order chi connectivity index (χ1) is 7.59. The van der Waals surface area contributed by atoms with Crippen molar-refractivity contribution >= 4 is 17.3 Å². The van der Waals surface area contributed by atoms with E-state index in [1.54, 1.807) is 0 Å². The number of pyridine rings is 1. The second-order valence-corrected chi connectivity index (χ2v) is 4.21. The number of anilines is 1. The lowest BCUT2D eigenvalue weighted by molar-refractivity contribution is 1.15. The lowest BCUT2D eigenvalue weighted by atomic mass is 10.0. The highest BCUT2D eigenvalue weighted by molar-refractivity contribution is 6.33. The molecule has 2 aromatic rings. The quantitative estimate of drug-likeness (QED) is 0.763. The van der Waals surface area contributed by atoms with Gasteiger partial charge in [0.25, 0.3) is 0 Å². The van der Waals surface area contributed by atoms with Crippen molar-refractivity contribution in [2.24, 2.45) is 0 Å². The third-order valence-corrected chi connectivity index (χ3v) is 3.09. The van der Waals surface area contributed by atoms with Gasteiger partial charge in [-0.2, -0.15) is 0 Å². The van der Waals surface area contributed by atoms with Gasteiger partial charge in [0.2, 0.25) is 0 Å². The second-order valence-electron chi connectivity index (χ2n) is 3.81. The fraction of sp³-hybridized carbons (Fsp3) is 0.154. The molecule has 3 heteroatoms. The summed E-state index contributed by atoms with van der Waals surface area (Å²) in [5.41, 5.74) is 10.7. The van der Waals surface area contributed by atoms with Gasteiger partial charge in [0.05, 0.1) is 10.7 Å². The third-order valence-electron chi connectivity index (χ3n) is 2.77. The van der Waals surface area contributed by atoms with Crippen molar-refractivity contribution in [1.82, 2.24) is 4.98 Å². The molecule has 2 N–H and O–H groups in total. The van der Waals surface area contributed by atoms with E-state index in [-0.39, 0.29) is 0 Å². The fourth-order valence-corrected chi connectivity index (χ4v) is 1.83. The van der Waals surface area contributed by atoms with Gasteiger partial charge in [0.1, 0.15) is 0 Å². The Morgan fingerprint density at radius 1 is 1.19 bits per heavy atom. The highest BCUT2D eigenvalue weighted by Gasteiger charge is 2.06. The summed E-state index contributed by atoms with van der Waals surface area (Å²) in [5.74, 6) is 0. The van der Waals surface area contributed by atoms with Crippen molar-refractivity contribution in [1.29, 1.82) is 0 Å². The molecule has 0 unspecified atom stereocenters. The Morgan fingerprint density at radius 2 is 1.94 bits per heavy atom. The third kappa shape index (κ3) is 1.89. The molecule has 0 atom stereocenters. The lowest BCUT2D eigenvalue weighted by Gasteiger charge is -2.09. The number of rotatable bonds is 1. The van der Waals surface area contributed by atoms with E-state index in [0.29, 0.717) is 10.7 Å². The number of halogens is 1. The molecule has 0 spiro atoms. The average molecular weight is 233 g/mol. The first kappa shape index (κ1) is 11.0. The number of benzene rings is 1. The Bertz CT molecular complexity index is 535. The van der Waals surface area contributed by atoms with Crippen LogP contribution in [-0.4, -0.2) is 4.98 Å². The van der Waals surface area contributed by atoms with Crippen LogP contribution in [0.3, 0.4) is 0 Å². The molecular weight excluding hydrogens is 220 g/mol. The molecular formula is C13H13ClN2. The van der Waals surface area contributed by atoms with Crippen LogP contribution in [0.5, 0.6) is 0 Å². The van der Waals surface area contributed by atoms with Gasteiger partial charge in [-0.1, -0.05) is 17.7 Å². The molecule has 2 nitrogen and oxygen atoms in total. The summed E-state index contributed by atoms with van der Waals surface area (Å²) in [6.07, 6.45) is 1.81. The Hall–Kier alpha value is -1.54. The Kier molecular flexibility index (Phi) is 2.84. The van der Waals surface area contributed by atoms with E-state index in [0.717, 1.165) is 16.8 Å². The summed E-state index contributed by atoms with van der Waals surface area (Å²) in [7, 11) is 0. The minimum atomic E-state index is 0.589. The van der Waals surface area contributed by atoms with Crippen LogP contribution < -0.4 is 5.73 Å². The summed E-state index contributed by atoms with van der Waals surface area (Å²) >= 11 is 6.02. The van der Waals surface area contributed by atoms with Gasteiger partial charge in [0.15, 0.2) is 0 Å². The van der Waals surface area contributed by atoms with Crippen LogP contribution in [0.15, 0.2) is 30.5 Å². The number of hydrogen-bond acceptors (Lipinski definition) is 2. The summed E-state index contributed by atoms with van der Waals surface area (Å²) in [6, 6.07) is 7.68. The van der Waals surface area contributed by atoms with E-state index in [1.807, 2.05) is 37.4 Å². The van der Waals surface area contributed by atoms with E-state index in [9.17, 15) is 0 Å². The maximum atomic E-state index is 6.02. The molecule has 0 aliphatic carbocycles. The van der Waals surface area contributed by atoms with E-state index in [4.69, 9.17) is 17.3 Å². The first-order valence-corrected chi connectivity index (χ1v) is 5.45. The van der Waals surface area contributed by atoms with Crippen LogP contribution in [0.2, 0.25) is 5.02 Å². The van der Waals surface area contributed by atoms with E-state index in [2.05, 4.69) is 11.9 Å². The molecule has 16 heavy (non-hydrogen) atoms. The Labute approximate surface area is 100 Å². The van der Waals surface area contributed by atoms with Gasteiger partial charge >= 0.3 is 0 Å².